The van der Waals surface area contributed by atoms with E-state index in [1.165, 1.54) is 12.1 Å². The zero-order chi connectivity index (χ0) is 19.0. The van der Waals surface area contributed by atoms with E-state index >= 15 is 0 Å². The average molecular weight is 365 g/mol. The molecule has 1 aliphatic carbocycles. The van der Waals surface area contributed by atoms with Crippen molar-refractivity contribution in [3.8, 4) is 5.75 Å². The zero-order valence-corrected chi connectivity index (χ0v) is 15.0. The summed E-state index contributed by atoms with van der Waals surface area (Å²) in [5.74, 6) is -0.0852. The fourth-order valence-electron chi connectivity index (χ4n) is 4.08. The van der Waals surface area contributed by atoms with Gasteiger partial charge in [0.15, 0.2) is 5.78 Å². The smallest absolute Gasteiger partial charge is 0.225 e. The second-order valence-corrected chi connectivity index (χ2v) is 7.05. The number of amides is 1. The van der Waals surface area contributed by atoms with Gasteiger partial charge in [-0.25, -0.2) is 4.39 Å². The largest absolute Gasteiger partial charge is 0.497 e. The fourth-order valence-corrected chi connectivity index (χ4v) is 4.08. The van der Waals surface area contributed by atoms with Crippen molar-refractivity contribution < 1.29 is 18.7 Å². The maximum Gasteiger partial charge on any atom is 0.225 e. The van der Waals surface area contributed by atoms with Crippen molar-refractivity contribution in [2.45, 2.75) is 31.1 Å². The minimum absolute atomic E-state index is 0.00807. The molecule has 2 aliphatic rings. The molecule has 4 nitrogen and oxygen atoms in total. The Hall–Kier alpha value is -2.95. The van der Waals surface area contributed by atoms with Crippen LogP contribution in [-0.2, 0) is 9.59 Å². The molecule has 4 rings (SSSR count). The predicted octanol–water partition coefficient (Wildman–Crippen LogP) is 3.84. The molecule has 1 N–H and O–H groups in total. The van der Waals surface area contributed by atoms with E-state index < -0.39 is 0 Å². The number of hydrogen-bond acceptors (Lipinski definition) is 3. The number of carbonyl (C=O) groups is 2. The highest BCUT2D eigenvalue weighted by Gasteiger charge is 2.38. The van der Waals surface area contributed by atoms with Crippen molar-refractivity contribution in [3.05, 3.63) is 76.7 Å². The number of halogens is 1. The van der Waals surface area contributed by atoms with Crippen molar-refractivity contribution in [1.82, 2.24) is 5.32 Å². The highest BCUT2D eigenvalue weighted by molar-refractivity contribution is 6.02. The van der Waals surface area contributed by atoms with E-state index in [-0.39, 0.29) is 35.8 Å². The normalized spacial score (nSPS) is 22.3. The van der Waals surface area contributed by atoms with Crippen LogP contribution in [0.3, 0.4) is 0 Å². The molecule has 27 heavy (non-hydrogen) atoms. The molecule has 0 saturated heterocycles. The van der Waals surface area contributed by atoms with Crippen molar-refractivity contribution >= 4 is 11.7 Å². The van der Waals surface area contributed by atoms with Gasteiger partial charge in [-0.05, 0) is 47.7 Å². The Balaban J connectivity index is 1.68. The molecule has 1 aliphatic heterocycles. The lowest BCUT2D eigenvalue weighted by Crippen LogP contribution is -2.38. The minimum atomic E-state index is -0.381. The molecule has 0 unspecified atom stereocenters. The molecule has 1 amide bonds. The molecular weight excluding hydrogens is 345 g/mol. The van der Waals surface area contributed by atoms with Gasteiger partial charge in [-0.15, -0.1) is 0 Å². The van der Waals surface area contributed by atoms with Crippen LogP contribution in [0.1, 0.15) is 42.2 Å². The maximum absolute atomic E-state index is 13.7. The molecule has 2 atom stereocenters. The number of ether oxygens (including phenoxy) is 1. The van der Waals surface area contributed by atoms with Gasteiger partial charge in [-0.1, -0.05) is 24.3 Å². The van der Waals surface area contributed by atoms with Gasteiger partial charge in [0, 0.05) is 30.0 Å². The average Bonchev–Trinajstić information content (AvgIpc) is 2.67. The third-order valence-electron chi connectivity index (χ3n) is 5.37. The number of rotatable bonds is 3. The number of nitrogens with one attached hydrogen (secondary N) is 1. The molecule has 2 aromatic carbocycles. The van der Waals surface area contributed by atoms with Crippen molar-refractivity contribution in [1.29, 1.82) is 0 Å². The van der Waals surface area contributed by atoms with Gasteiger partial charge in [0.2, 0.25) is 5.91 Å². The first kappa shape index (κ1) is 17.5. The first-order valence-corrected chi connectivity index (χ1v) is 9.00. The van der Waals surface area contributed by atoms with Crippen LogP contribution in [0.25, 0.3) is 0 Å². The molecule has 0 bridgehead atoms. The SMILES string of the molecule is COc1ccc([C@H]2CC(=O)C3=C(C2)NC(=O)C[C@@H]3c2cccc(F)c2)cc1. The number of allylic oxidation sites excluding steroid dienone is 2. The molecule has 1 heterocycles. The van der Waals surface area contributed by atoms with Gasteiger partial charge < -0.3 is 10.1 Å². The summed E-state index contributed by atoms with van der Waals surface area (Å²) in [6.07, 6.45) is 1.14. The van der Waals surface area contributed by atoms with Crippen LogP contribution in [-0.4, -0.2) is 18.8 Å². The zero-order valence-electron chi connectivity index (χ0n) is 15.0. The molecule has 138 valence electrons. The third-order valence-corrected chi connectivity index (χ3v) is 5.37. The van der Waals surface area contributed by atoms with Crippen LogP contribution < -0.4 is 10.1 Å². The van der Waals surface area contributed by atoms with Gasteiger partial charge in [0.25, 0.3) is 0 Å². The minimum Gasteiger partial charge on any atom is -0.497 e. The van der Waals surface area contributed by atoms with Gasteiger partial charge in [-0.3, -0.25) is 9.59 Å². The Morgan fingerprint density at radius 1 is 1.00 bits per heavy atom. The van der Waals surface area contributed by atoms with Crippen LogP contribution in [0.15, 0.2) is 59.8 Å². The number of carbonyl (C=O) groups excluding carboxylic acids is 2. The van der Waals surface area contributed by atoms with Crippen LogP contribution in [0.2, 0.25) is 0 Å². The lowest BCUT2D eigenvalue weighted by Gasteiger charge is -2.34. The van der Waals surface area contributed by atoms with E-state index in [1.807, 2.05) is 24.3 Å². The van der Waals surface area contributed by atoms with Crippen molar-refractivity contribution in [2.24, 2.45) is 0 Å². The molecule has 0 aromatic heterocycles. The molecule has 0 radical (unpaired) electrons. The highest BCUT2D eigenvalue weighted by Crippen LogP contribution is 2.42. The Bertz CT molecular complexity index is 933. The van der Waals surface area contributed by atoms with Gasteiger partial charge in [0.05, 0.1) is 7.11 Å². The summed E-state index contributed by atoms with van der Waals surface area (Å²) in [7, 11) is 1.61. The number of ketones is 1. The third kappa shape index (κ3) is 3.37. The monoisotopic (exact) mass is 365 g/mol. The molecular formula is C22H20FNO3. The summed E-state index contributed by atoms with van der Waals surface area (Å²) in [4.78, 5) is 25.2. The summed E-state index contributed by atoms with van der Waals surface area (Å²) in [5, 5.41) is 2.89. The molecule has 0 spiro atoms. The number of hydrogen-bond donors (Lipinski definition) is 1. The number of methoxy groups -OCH3 is 1. The highest BCUT2D eigenvalue weighted by atomic mass is 19.1. The molecule has 2 aromatic rings. The van der Waals surface area contributed by atoms with Gasteiger partial charge in [0.1, 0.15) is 11.6 Å². The lowest BCUT2D eigenvalue weighted by molar-refractivity contribution is -0.122. The Morgan fingerprint density at radius 2 is 1.78 bits per heavy atom. The molecule has 5 heteroatoms. The Labute approximate surface area is 157 Å². The Kier molecular flexibility index (Phi) is 4.52. The van der Waals surface area contributed by atoms with Crippen molar-refractivity contribution in [2.75, 3.05) is 7.11 Å². The lowest BCUT2D eigenvalue weighted by atomic mass is 9.73. The summed E-state index contributed by atoms with van der Waals surface area (Å²) in [6, 6.07) is 13.8. The first-order valence-electron chi connectivity index (χ1n) is 9.00. The standard InChI is InChI=1S/C22H20FNO3/c1-27-17-7-5-13(6-8-17)15-10-19-22(20(25)11-15)18(12-21(26)24-19)14-3-2-4-16(23)9-14/h2-9,15,18H,10-12H2,1H3,(H,24,26)/t15-,18-/m1/s1. The maximum atomic E-state index is 13.7. The van der Waals surface area contributed by atoms with E-state index in [0.717, 1.165) is 11.3 Å². The Morgan fingerprint density at radius 3 is 2.48 bits per heavy atom. The van der Waals surface area contributed by atoms with E-state index in [1.54, 1.807) is 19.2 Å². The van der Waals surface area contributed by atoms with Crippen LogP contribution in [0.4, 0.5) is 4.39 Å². The van der Waals surface area contributed by atoms with Gasteiger partial charge in [-0.2, -0.15) is 0 Å². The topological polar surface area (TPSA) is 55.4 Å². The van der Waals surface area contributed by atoms with E-state index in [9.17, 15) is 14.0 Å². The van der Waals surface area contributed by atoms with Gasteiger partial charge >= 0.3 is 0 Å². The van der Waals surface area contributed by atoms with Crippen LogP contribution in [0, 0.1) is 5.82 Å². The quantitative estimate of drug-likeness (QED) is 0.899. The molecule has 0 saturated carbocycles. The summed E-state index contributed by atoms with van der Waals surface area (Å²) in [5.41, 5.74) is 3.02. The number of Topliss-reactive ketones (excluding diaryl/α,β-unsaturated/α-hetero) is 1. The van der Waals surface area contributed by atoms with E-state index in [4.69, 9.17) is 4.74 Å². The number of benzene rings is 2. The van der Waals surface area contributed by atoms with Crippen LogP contribution >= 0.6 is 0 Å². The fraction of sp³-hybridized carbons (Fsp3) is 0.273. The van der Waals surface area contributed by atoms with E-state index in [0.29, 0.717) is 29.7 Å². The molecule has 0 fully saturated rings. The first-order chi connectivity index (χ1) is 13.0. The summed E-state index contributed by atoms with van der Waals surface area (Å²) in [6.45, 7) is 0. The second kappa shape index (κ2) is 6.99. The van der Waals surface area contributed by atoms with Crippen molar-refractivity contribution in [3.63, 3.8) is 0 Å². The summed E-state index contributed by atoms with van der Waals surface area (Å²) >= 11 is 0. The van der Waals surface area contributed by atoms with Crippen LogP contribution in [0.5, 0.6) is 5.75 Å². The second-order valence-electron chi connectivity index (χ2n) is 7.05. The predicted molar refractivity (Wildman–Crippen MR) is 98.9 cm³/mol. The van der Waals surface area contributed by atoms with E-state index in [2.05, 4.69) is 5.32 Å². The summed E-state index contributed by atoms with van der Waals surface area (Å²) < 4.78 is 18.9.